The average molecular weight is 881 g/mol. The van der Waals surface area contributed by atoms with Gasteiger partial charge in [0.2, 0.25) is 5.69 Å². The van der Waals surface area contributed by atoms with Gasteiger partial charge in [-0.15, -0.1) is 5.06 Å². The number of unbranched alkanes of at least 4 members (excludes halogenated alkanes) is 2. The predicted octanol–water partition coefficient (Wildman–Crippen LogP) is 4.65. The van der Waals surface area contributed by atoms with Crippen molar-refractivity contribution in [3.63, 3.8) is 0 Å². The molecule has 3 aliphatic rings. The molecule has 0 radical (unpaired) electrons. The number of carbonyl (C=O) groups excluding carboxylic acids is 3. The Morgan fingerprint density at radius 2 is 1.47 bits per heavy atom. The molecule has 0 saturated carbocycles. The summed E-state index contributed by atoms with van der Waals surface area (Å²) in [5.74, 6) is -2.37. The first-order chi connectivity index (χ1) is 27.5. The number of fused-ring (bicyclic) bond motifs is 2. The van der Waals surface area contributed by atoms with Gasteiger partial charge in [0.1, 0.15) is 6.54 Å². The molecule has 59 heavy (non-hydrogen) atoms. The van der Waals surface area contributed by atoms with Crippen LogP contribution >= 0.6 is 0 Å². The van der Waals surface area contributed by atoms with Gasteiger partial charge in [-0.2, -0.15) is 29.8 Å². The number of rotatable bonds is 19. The molecular formula is C39H50N3O14S3+. The third-order valence-corrected chi connectivity index (χ3v) is 13.7. The number of imide groups is 1. The minimum atomic E-state index is -4.59. The van der Waals surface area contributed by atoms with E-state index in [9.17, 15) is 53.3 Å². The predicted molar refractivity (Wildman–Crippen MR) is 215 cm³/mol. The average Bonchev–Trinajstić information content (AvgIpc) is 3.68. The molecule has 20 heteroatoms. The normalized spacial score (nSPS) is 21.6. The number of likely N-dealkylation sites (N-methyl/N-ethyl adjacent to an activating group) is 1. The summed E-state index contributed by atoms with van der Waals surface area (Å²) in [5, 5.41) is 0.511. The summed E-state index contributed by atoms with van der Waals surface area (Å²) in [6.07, 6.45) is 7.53. The fourth-order valence-electron chi connectivity index (χ4n) is 8.16. The van der Waals surface area contributed by atoms with Crippen molar-refractivity contribution in [3.8, 4) is 0 Å². The molecule has 2 amide bonds. The Hall–Kier alpha value is -4.31. The first kappa shape index (κ1) is 45.8. The van der Waals surface area contributed by atoms with E-state index in [0.717, 1.165) is 5.71 Å². The van der Waals surface area contributed by atoms with Crippen molar-refractivity contribution in [2.45, 2.75) is 99.2 Å². The van der Waals surface area contributed by atoms with Crippen LogP contribution in [-0.4, -0.2) is 105 Å². The van der Waals surface area contributed by atoms with Gasteiger partial charge in [0.25, 0.3) is 42.2 Å². The van der Waals surface area contributed by atoms with Gasteiger partial charge < -0.3 is 14.5 Å². The molecule has 1 saturated heterocycles. The van der Waals surface area contributed by atoms with Crippen LogP contribution < -0.4 is 4.90 Å². The highest BCUT2D eigenvalue weighted by molar-refractivity contribution is 7.86. The molecule has 0 bridgehead atoms. The summed E-state index contributed by atoms with van der Waals surface area (Å²) >= 11 is 0. The number of hydrogen-bond acceptors (Lipinski definition) is 12. The lowest BCUT2D eigenvalue weighted by Crippen LogP contribution is -2.33. The molecule has 0 spiro atoms. The SMILES string of the molecule is CCN1/C(=C/C=C/C2=[N+](CCCCCC(=O)ON3C(=O)CCC3=O)c3ccc(S(=O)(=O)O)cc3C2(C)CCOC)C(C)(CCCS(=O)(=O)O)c2cc(S(=O)(=O)O)ccc21. The van der Waals surface area contributed by atoms with Crippen LogP contribution in [0.4, 0.5) is 11.4 Å². The second-order valence-corrected chi connectivity index (χ2v) is 19.6. The molecule has 0 aliphatic carbocycles. The molecule has 3 N–H and O–H groups in total. The number of anilines is 1. The van der Waals surface area contributed by atoms with Crippen LogP contribution in [0.15, 0.2) is 70.1 Å². The lowest BCUT2D eigenvalue weighted by Gasteiger charge is -2.30. The van der Waals surface area contributed by atoms with Gasteiger partial charge in [-0.25, -0.2) is 4.79 Å². The van der Waals surface area contributed by atoms with Crippen molar-refractivity contribution < 1.29 is 67.4 Å². The Labute approximate surface area is 344 Å². The lowest BCUT2D eigenvalue weighted by atomic mass is 9.76. The third-order valence-electron chi connectivity index (χ3n) is 11.2. The van der Waals surface area contributed by atoms with E-state index in [0.29, 0.717) is 72.0 Å². The topological polar surface area (TPSA) is 242 Å². The third kappa shape index (κ3) is 10.0. The molecule has 3 heterocycles. The van der Waals surface area contributed by atoms with Gasteiger partial charge in [-0.05, 0) is 94.8 Å². The molecule has 0 aromatic heterocycles. The fourth-order valence-corrected chi connectivity index (χ4v) is 9.68. The smallest absolute Gasteiger partial charge is 0.333 e. The Morgan fingerprint density at radius 1 is 0.847 bits per heavy atom. The Morgan fingerprint density at radius 3 is 2.07 bits per heavy atom. The highest BCUT2D eigenvalue weighted by Gasteiger charge is 2.48. The summed E-state index contributed by atoms with van der Waals surface area (Å²) in [5.41, 5.74) is 2.10. The van der Waals surface area contributed by atoms with Crippen molar-refractivity contribution in [1.82, 2.24) is 5.06 Å². The first-order valence-electron chi connectivity index (χ1n) is 19.1. The molecule has 2 atom stereocenters. The van der Waals surface area contributed by atoms with Crippen LogP contribution in [0.25, 0.3) is 0 Å². The molecule has 1 fully saturated rings. The molecule has 2 aromatic rings. The van der Waals surface area contributed by atoms with Crippen molar-refractivity contribution in [1.29, 1.82) is 0 Å². The summed E-state index contributed by atoms with van der Waals surface area (Å²) in [4.78, 5) is 42.4. The highest BCUT2D eigenvalue weighted by Crippen LogP contribution is 2.51. The fraction of sp³-hybridized carbons (Fsp3) is 0.487. The van der Waals surface area contributed by atoms with Crippen molar-refractivity contribution in [2.24, 2.45) is 0 Å². The molecule has 3 aliphatic heterocycles. The van der Waals surface area contributed by atoms with Crippen LogP contribution in [-0.2, 0) is 65.1 Å². The maximum absolute atomic E-state index is 12.4. The van der Waals surface area contributed by atoms with E-state index in [1.54, 1.807) is 25.3 Å². The lowest BCUT2D eigenvalue weighted by molar-refractivity contribution is -0.438. The molecule has 17 nitrogen and oxygen atoms in total. The molecule has 2 aromatic carbocycles. The Bertz CT molecular complexity index is 2430. The number of ether oxygens (including phenoxy) is 1. The number of methoxy groups -OCH3 is 1. The van der Waals surface area contributed by atoms with Gasteiger partial charge in [0.05, 0.1) is 21.0 Å². The van der Waals surface area contributed by atoms with Crippen molar-refractivity contribution >= 4 is 65.2 Å². The highest BCUT2D eigenvalue weighted by atomic mass is 32.2. The van der Waals surface area contributed by atoms with Gasteiger partial charge in [0, 0.05) is 80.4 Å². The zero-order chi connectivity index (χ0) is 43.6. The van der Waals surface area contributed by atoms with E-state index in [2.05, 4.69) is 0 Å². The van der Waals surface area contributed by atoms with Gasteiger partial charge in [-0.1, -0.05) is 6.08 Å². The number of amides is 2. The standard InChI is InChI=1S/C39H49N3O14S3/c1-5-40-31-16-14-27(58(49,50)51)25-29(31)38(2,20-10-24-57(46,47)48)33(40)11-9-12-34-39(3,21-23-55-4)30-26-28(59(52,53)54)15-17-32(30)41(34)22-8-6-7-13-37(45)56-42-35(43)18-19-36(42)44/h9,11-12,14-17,25-26H,5-8,10,13,18-24H2,1-4H3,(H2-,46,47,48,49,50,51,52,53,54)/p+1. The zero-order valence-corrected chi connectivity index (χ0v) is 35.7. The van der Waals surface area contributed by atoms with E-state index in [-0.39, 0.29) is 48.5 Å². The summed E-state index contributed by atoms with van der Waals surface area (Å²) < 4.78 is 109. The minimum absolute atomic E-state index is 0.0123. The first-order valence-corrected chi connectivity index (χ1v) is 23.6. The summed E-state index contributed by atoms with van der Waals surface area (Å²) in [7, 11) is -11.9. The maximum Gasteiger partial charge on any atom is 0.333 e. The van der Waals surface area contributed by atoms with E-state index >= 15 is 0 Å². The number of nitrogens with zero attached hydrogens (tertiary/aromatic N) is 3. The number of carbonyl (C=O) groups is 3. The van der Waals surface area contributed by atoms with Crippen LogP contribution in [0.5, 0.6) is 0 Å². The Kier molecular flexibility index (Phi) is 13.8. The maximum atomic E-state index is 12.4. The monoisotopic (exact) mass is 880 g/mol. The van der Waals surface area contributed by atoms with Gasteiger partial charge in [0.15, 0.2) is 5.71 Å². The van der Waals surface area contributed by atoms with Crippen molar-refractivity contribution in [2.75, 3.05) is 37.5 Å². The second kappa shape index (κ2) is 17.7. The Balaban J connectivity index is 1.53. The quantitative estimate of drug-likeness (QED) is 0.0753. The van der Waals surface area contributed by atoms with Crippen LogP contribution in [0.3, 0.4) is 0 Å². The van der Waals surface area contributed by atoms with E-state index in [4.69, 9.17) is 9.57 Å². The van der Waals surface area contributed by atoms with Crippen molar-refractivity contribution in [3.05, 3.63) is 71.5 Å². The molecule has 2 unspecified atom stereocenters. The second-order valence-electron chi connectivity index (χ2n) is 15.2. The van der Waals surface area contributed by atoms with E-state index in [1.165, 1.54) is 24.3 Å². The molecule has 322 valence electrons. The van der Waals surface area contributed by atoms with Crippen LogP contribution in [0.1, 0.15) is 89.7 Å². The largest absolute Gasteiger partial charge is 0.385 e. The van der Waals surface area contributed by atoms with Gasteiger partial charge >= 0.3 is 5.97 Å². The molecule has 5 rings (SSSR count). The zero-order valence-electron chi connectivity index (χ0n) is 33.3. The van der Waals surface area contributed by atoms with E-state index < -0.39 is 64.7 Å². The van der Waals surface area contributed by atoms with Crippen LogP contribution in [0.2, 0.25) is 0 Å². The van der Waals surface area contributed by atoms with Crippen LogP contribution in [0, 0.1) is 0 Å². The number of hydroxylamine groups is 2. The summed E-state index contributed by atoms with van der Waals surface area (Å²) in [6.45, 7) is 6.78. The van der Waals surface area contributed by atoms with Gasteiger partial charge in [-0.3, -0.25) is 23.2 Å². The molecular weight excluding hydrogens is 831 g/mol. The summed E-state index contributed by atoms with van der Waals surface area (Å²) in [6, 6.07) is 8.62. The number of benzene rings is 2. The van der Waals surface area contributed by atoms with E-state index in [1.807, 2.05) is 42.4 Å². The number of allylic oxidation sites excluding steroid dienone is 4. The minimum Gasteiger partial charge on any atom is -0.385 e. The number of hydrogen-bond donors (Lipinski definition) is 3.